The van der Waals surface area contributed by atoms with Gasteiger partial charge >= 0.3 is 0 Å². The van der Waals surface area contributed by atoms with Crippen molar-refractivity contribution in [3.8, 4) is 5.75 Å². The van der Waals surface area contributed by atoms with Crippen molar-refractivity contribution in [3.05, 3.63) is 64.8 Å². The number of aromatic nitrogens is 1. The van der Waals surface area contributed by atoms with Crippen LogP contribution in [0, 0.1) is 6.92 Å². The van der Waals surface area contributed by atoms with Gasteiger partial charge in [-0.15, -0.1) is 12.4 Å². The van der Waals surface area contributed by atoms with E-state index < -0.39 is 0 Å². The number of rotatable bonds is 9. The highest BCUT2D eigenvalue weighted by atomic mass is 35.5. The van der Waals surface area contributed by atoms with E-state index in [0.29, 0.717) is 38.5 Å². The van der Waals surface area contributed by atoms with Crippen molar-refractivity contribution in [2.45, 2.75) is 38.8 Å². The van der Waals surface area contributed by atoms with Crippen molar-refractivity contribution in [2.24, 2.45) is 5.73 Å². The molecule has 0 spiro atoms. The lowest BCUT2D eigenvalue weighted by Gasteiger charge is -2.33. The number of amides is 2. The fraction of sp³-hybridized carbons (Fsp3) is 0.448. The number of likely N-dealkylation sites (N-methyl/N-ethyl adjacent to an activating group) is 1. The monoisotopic (exact) mass is 542 g/mol. The summed E-state index contributed by atoms with van der Waals surface area (Å²) in [6.07, 6.45) is 3.61. The van der Waals surface area contributed by atoms with Crippen LogP contribution in [0.3, 0.4) is 0 Å². The third-order valence-corrected chi connectivity index (χ3v) is 7.25. The minimum Gasteiger partial charge on any atom is -0.483 e. The molecule has 0 bridgehead atoms. The van der Waals surface area contributed by atoms with Gasteiger partial charge in [-0.1, -0.05) is 30.3 Å². The second kappa shape index (κ2) is 13.1. The zero-order valence-electron chi connectivity index (χ0n) is 22.7. The van der Waals surface area contributed by atoms with E-state index in [-0.39, 0.29) is 36.7 Å². The Kier molecular flexibility index (Phi) is 10.2. The average Bonchev–Trinajstić information content (AvgIpc) is 3.29. The second-order valence-corrected chi connectivity index (χ2v) is 9.92. The molecular weight excluding hydrogens is 504 g/mol. The Morgan fingerprint density at radius 1 is 1.13 bits per heavy atom. The summed E-state index contributed by atoms with van der Waals surface area (Å²) in [5.74, 6) is 0.919. The van der Waals surface area contributed by atoms with E-state index in [1.165, 1.54) is 4.90 Å². The Morgan fingerprint density at radius 3 is 2.53 bits per heavy atom. The number of fused-ring (bicyclic) bond motifs is 1. The van der Waals surface area contributed by atoms with Crippen LogP contribution >= 0.6 is 12.4 Å². The molecule has 9 heteroatoms. The summed E-state index contributed by atoms with van der Waals surface area (Å²) in [6, 6.07) is 12.1. The van der Waals surface area contributed by atoms with E-state index in [4.69, 9.17) is 15.2 Å². The predicted molar refractivity (Wildman–Crippen MR) is 152 cm³/mol. The fourth-order valence-corrected chi connectivity index (χ4v) is 5.09. The number of halogens is 1. The highest BCUT2D eigenvalue weighted by Crippen LogP contribution is 2.36. The topological polar surface area (TPSA) is 90.0 Å². The van der Waals surface area contributed by atoms with Crippen LogP contribution in [0.4, 0.5) is 0 Å². The molecule has 1 fully saturated rings. The molecule has 1 aliphatic heterocycles. The Balaban J connectivity index is 0.00000400. The number of carbonyl (C=O) groups is 2. The molecule has 2 amide bonds. The van der Waals surface area contributed by atoms with E-state index in [0.717, 1.165) is 46.0 Å². The van der Waals surface area contributed by atoms with Crippen LogP contribution in [0.1, 0.15) is 45.8 Å². The maximum Gasteiger partial charge on any atom is 0.259 e. The highest BCUT2D eigenvalue weighted by molar-refractivity contribution is 6.07. The van der Waals surface area contributed by atoms with Crippen LogP contribution in [0.5, 0.6) is 5.75 Å². The quantitative estimate of drug-likeness (QED) is 0.442. The Bertz CT molecular complexity index is 1260. The lowest BCUT2D eigenvalue weighted by molar-refractivity contribution is -0.130. The van der Waals surface area contributed by atoms with Crippen LogP contribution in [0.2, 0.25) is 0 Å². The molecule has 0 unspecified atom stereocenters. The molecule has 1 saturated heterocycles. The van der Waals surface area contributed by atoms with Gasteiger partial charge in [0.15, 0.2) is 6.61 Å². The minimum atomic E-state index is -0.0887. The lowest BCUT2D eigenvalue weighted by Crippen LogP contribution is -2.38. The normalized spacial score (nSPS) is 13.9. The standard InChI is InChI=1S/C29H38N4O4.ClH/c1-20-6-5-7-23-25(18-33(28(20)23)14-15-36-4)29(35)32-12-10-22(11-13-32)24-16-21(17-30)8-9-26(24)37-19-27(34)31(2)3;/h5-9,16,18,22H,10-15,17,19,30H2,1-4H3;1H. The third-order valence-electron chi connectivity index (χ3n) is 7.25. The smallest absolute Gasteiger partial charge is 0.259 e. The van der Waals surface area contributed by atoms with Gasteiger partial charge in [0.05, 0.1) is 17.7 Å². The van der Waals surface area contributed by atoms with Crippen molar-refractivity contribution in [2.75, 3.05) is 47.5 Å². The van der Waals surface area contributed by atoms with Crippen LogP contribution in [-0.2, 0) is 22.6 Å². The van der Waals surface area contributed by atoms with Gasteiger partial charge in [0.2, 0.25) is 0 Å². The molecule has 206 valence electrons. The first kappa shape index (κ1) is 29.5. The lowest BCUT2D eigenvalue weighted by atomic mass is 9.87. The maximum absolute atomic E-state index is 13.7. The van der Waals surface area contributed by atoms with Crippen molar-refractivity contribution in [1.29, 1.82) is 0 Å². The molecule has 1 aliphatic rings. The third kappa shape index (κ3) is 6.31. The SMILES string of the molecule is COCCn1cc(C(=O)N2CCC(c3cc(CN)ccc3OCC(=O)N(C)C)CC2)c2cccc(C)c21.Cl. The number of likely N-dealkylation sites (tertiary alicyclic amines) is 1. The first-order chi connectivity index (χ1) is 17.8. The second-order valence-electron chi connectivity index (χ2n) is 9.92. The number of para-hydroxylation sites is 1. The largest absolute Gasteiger partial charge is 0.483 e. The van der Waals surface area contributed by atoms with Crippen LogP contribution in [0.25, 0.3) is 10.9 Å². The molecule has 0 atom stereocenters. The molecule has 8 nitrogen and oxygen atoms in total. The van der Waals surface area contributed by atoms with Gasteiger partial charge < -0.3 is 29.6 Å². The summed E-state index contributed by atoms with van der Waals surface area (Å²) >= 11 is 0. The molecule has 2 heterocycles. The molecular formula is C29H39ClN4O4. The average molecular weight is 543 g/mol. The summed E-state index contributed by atoms with van der Waals surface area (Å²) in [5, 5.41) is 0.986. The number of piperidine rings is 1. The summed E-state index contributed by atoms with van der Waals surface area (Å²) in [7, 11) is 5.12. The van der Waals surface area contributed by atoms with Gasteiger partial charge in [-0.3, -0.25) is 9.59 Å². The van der Waals surface area contributed by atoms with Crippen LogP contribution in [-0.4, -0.2) is 73.7 Å². The van der Waals surface area contributed by atoms with Crippen LogP contribution < -0.4 is 10.5 Å². The molecule has 0 radical (unpaired) electrons. The van der Waals surface area contributed by atoms with Crippen molar-refractivity contribution in [3.63, 3.8) is 0 Å². The van der Waals surface area contributed by atoms with Gasteiger partial charge in [0.1, 0.15) is 5.75 Å². The van der Waals surface area contributed by atoms with Gasteiger partial charge in [-0.25, -0.2) is 0 Å². The minimum absolute atomic E-state index is 0. The predicted octanol–water partition coefficient (Wildman–Crippen LogP) is 3.96. The van der Waals surface area contributed by atoms with Crippen molar-refractivity contribution < 1.29 is 19.1 Å². The molecule has 0 aliphatic carbocycles. The summed E-state index contributed by atoms with van der Waals surface area (Å²) in [4.78, 5) is 29.2. The van der Waals surface area contributed by atoms with E-state index >= 15 is 0 Å². The molecule has 4 rings (SSSR count). The van der Waals surface area contributed by atoms with E-state index in [2.05, 4.69) is 23.6 Å². The molecule has 2 N–H and O–H groups in total. The summed E-state index contributed by atoms with van der Waals surface area (Å²) in [6.45, 7) is 5.10. The number of methoxy groups -OCH3 is 1. The number of carbonyl (C=O) groups excluding carboxylic acids is 2. The number of hydrogen-bond acceptors (Lipinski definition) is 5. The Morgan fingerprint density at radius 2 is 1.87 bits per heavy atom. The fourth-order valence-electron chi connectivity index (χ4n) is 5.09. The number of nitrogens with two attached hydrogens (primary N) is 1. The Labute approximate surface area is 231 Å². The van der Waals surface area contributed by atoms with Gasteiger partial charge in [-0.05, 0) is 48.4 Å². The van der Waals surface area contributed by atoms with Crippen molar-refractivity contribution >= 4 is 35.1 Å². The highest BCUT2D eigenvalue weighted by Gasteiger charge is 2.28. The molecule has 2 aromatic carbocycles. The molecule has 3 aromatic rings. The molecule has 38 heavy (non-hydrogen) atoms. The number of benzene rings is 2. The van der Waals surface area contributed by atoms with Crippen molar-refractivity contribution in [1.82, 2.24) is 14.4 Å². The van der Waals surface area contributed by atoms with Gasteiger partial charge in [-0.2, -0.15) is 0 Å². The first-order valence-corrected chi connectivity index (χ1v) is 12.9. The van der Waals surface area contributed by atoms with E-state index in [1.54, 1.807) is 21.2 Å². The zero-order valence-corrected chi connectivity index (χ0v) is 23.6. The van der Waals surface area contributed by atoms with E-state index in [9.17, 15) is 9.59 Å². The number of hydrogen-bond donors (Lipinski definition) is 1. The Hall–Kier alpha value is -3.07. The zero-order chi connectivity index (χ0) is 26.5. The molecule has 1 aromatic heterocycles. The number of aryl methyl sites for hydroxylation is 1. The number of ether oxygens (including phenoxy) is 2. The van der Waals surface area contributed by atoms with Gasteiger partial charge in [0.25, 0.3) is 11.8 Å². The van der Waals surface area contributed by atoms with Gasteiger partial charge in [0, 0.05) is 59.0 Å². The first-order valence-electron chi connectivity index (χ1n) is 12.9. The number of nitrogens with zero attached hydrogens (tertiary/aromatic N) is 3. The maximum atomic E-state index is 13.7. The van der Waals surface area contributed by atoms with Crippen LogP contribution in [0.15, 0.2) is 42.6 Å². The molecule has 0 saturated carbocycles. The van der Waals surface area contributed by atoms with E-state index in [1.807, 2.05) is 35.4 Å². The summed E-state index contributed by atoms with van der Waals surface area (Å²) < 4.78 is 13.3. The summed E-state index contributed by atoms with van der Waals surface area (Å²) in [5.41, 5.74) is 11.0.